The van der Waals surface area contributed by atoms with Crippen molar-refractivity contribution in [1.29, 1.82) is 0 Å². The molecule has 3 unspecified atom stereocenters. The van der Waals surface area contributed by atoms with Gasteiger partial charge in [-0.05, 0) is 31.2 Å². The summed E-state index contributed by atoms with van der Waals surface area (Å²) in [5.41, 5.74) is 0. The van der Waals surface area contributed by atoms with Crippen LogP contribution in [0, 0.1) is 17.8 Å². The van der Waals surface area contributed by atoms with Crippen molar-refractivity contribution in [3.8, 4) is 0 Å². The van der Waals surface area contributed by atoms with Crippen LogP contribution in [-0.2, 0) is 4.79 Å². The number of hydrogen-bond acceptors (Lipinski definition) is 3. The Bertz CT molecular complexity index is 273. The fourth-order valence-electron chi connectivity index (χ4n) is 3.75. The molecule has 2 saturated heterocycles. The molecule has 90 valence electrons. The second-order valence-electron chi connectivity index (χ2n) is 5.71. The zero-order valence-corrected chi connectivity index (χ0v) is 9.87. The average molecular weight is 222 g/mol. The van der Waals surface area contributed by atoms with Gasteiger partial charge in [-0.2, -0.15) is 0 Å². The summed E-state index contributed by atoms with van der Waals surface area (Å²) in [4.78, 5) is 12.5. The van der Waals surface area contributed by atoms with Gasteiger partial charge in [0.15, 0.2) is 5.78 Å². The maximum atomic E-state index is 12.5. The number of Topliss-reactive ketones (excluding diaryl/α,β-unsaturated/α-hetero) is 1. The Balaban J connectivity index is 1.65. The van der Waals surface area contributed by atoms with Crippen molar-refractivity contribution in [2.24, 2.45) is 17.8 Å². The summed E-state index contributed by atoms with van der Waals surface area (Å²) < 4.78 is 0. The molecule has 16 heavy (non-hydrogen) atoms. The predicted molar refractivity (Wildman–Crippen MR) is 63.2 cm³/mol. The van der Waals surface area contributed by atoms with E-state index in [4.69, 9.17) is 0 Å². The van der Waals surface area contributed by atoms with E-state index in [1.165, 1.54) is 19.3 Å². The molecular weight excluding hydrogens is 200 g/mol. The predicted octanol–water partition coefficient (Wildman–Crippen LogP) is 0.943. The molecule has 2 aliphatic heterocycles. The molecule has 2 N–H and O–H groups in total. The highest BCUT2D eigenvalue weighted by Gasteiger charge is 2.44. The van der Waals surface area contributed by atoms with Crippen LogP contribution in [0.25, 0.3) is 0 Å². The molecular formula is C13H22N2O. The van der Waals surface area contributed by atoms with E-state index in [-0.39, 0.29) is 6.04 Å². The molecule has 0 aromatic carbocycles. The van der Waals surface area contributed by atoms with E-state index in [0.29, 0.717) is 23.5 Å². The summed E-state index contributed by atoms with van der Waals surface area (Å²) in [6.45, 7) is 3.19. The van der Waals surface area contributed by atoms with Crippen molar-refractivity contribution in [3.63, 3.8) is 0 Å². The number of carbonyl (C=O) groups is 1. The molecule has 3 heteroatoms. The molecule has 2 heterocycles. The van der Waals surface area contributed by atoms with Crippen LogP contribution in [0.3, 0.4) is 0 Å². The Morgan fingerprint density at radius 3 is 2.62 bits per heavy atom. The maximum Gasteiger partial charge on any atom is 0.153 e. The monoisotopic (exact) mass is 222 g/mol. The fraction of sp³-hybridized carbons (Fsp3) is 0.923. The number of hydrogen-bond donors (Lipinski definition) is 2. The van der Waals surface area contributed by atoms with E-state index in [1.54, 1.807) is 0 Å². The van der Waals surface area contributed by atoms with Gasteiger partial charge in [0, 0.05) is 19.0 Å². The van der Waals surface area contributed by atoms with Gasteiger partial charge in [-0.15, -0.1) is 0 Å². The first-order valence-corrected chi connectivity index (χ1v) is 6.84. The summed E-state index contributed by atoms with van der Waals surface area (Å²) in [7, 11) is 0. The van der Waals surface area contributed by atoms with Crippen LogP contribution in [0.1, 0.15) is 32.1 Å². The molecule has 0 aromatic heterocycles. The molecule has 0 amide bonds. The van der Waals surface area contributed by atoms with Crippen molar-refractivity contribution in [2.45, 2.75) is 38.1 Å². The Labute approximate surface area is 97.4 Å². The van der Waals surface area contributed by atoms with Crippen LogP contribution in [0.5, 0.6) is 0 Å². The zero-order valence-electron chi connectivity index (χ0n) is 9.87. The maximum absolute atomic E-state index is 12.5. The quantitative estimate of drug-likeness (QED) is 0.730. The number of fused-ring (bicyclic) bond motifs is 1. The summed E-state index contributed by atoms with van der Waals surface area (Å²) in [5, 5.41) is 6.89. The van der Waals surface area contributed by atoms with Gasteiger partial charge >= 0.3 is 0 Å². The molecule has 0 radical (unpaired) electrons. The van der Waals surface area contributed by atoms with E-state index in [1.807, 2.05) is 0 Å². The molecule has 3 aliphatic rings. The number of nitrogens with one attached hydrogen (secondary N) is 2. The lowest BCUT2D eigenvalue weighted by Gasteiger charge is -2.25. The van der Waals surface area contributed by atoms with Crippen molar-refractivity contribution < 1.29 is 4.79 Å². The molecule has 0 aromatic rings. The van der Waals surface area contributed by atoms with Crippen molar-refractivity contribution >= 4 is 5.78 Å². The van der Waals surface area contributed by atoms with Gasteiger partial charge in [0.1, 0.15) is 0 Å². The third-order valence-electron chi connectivity index (χ3n) is 4.73. The molecule has 3 nitrogen and oxygen atoms in total. The Kier molecular flexibility index (Phi) is 2.99. The Morgan fingerprint density at radius 1 is 1.00 bits per heavy atom. The van der Waals surface area contributed by atoms with Gasteiger partial charge in [0.05, 0.1) is 6.04 Å². The molecule has 1 aliphatic carbocycles. The zero-order chi connectivity index (χ0) is 11.0. The highest BCUT2D eigenvalue weighted by Crippen LogP contribution is 2.32. The third-order valence-corrected chi connectivity index (χ3v) is 4.73. The molecule has 3 rings (SSSR count). The highest BCUT2D eigenvalue weighted by molar-refractivity contribution is 5.87. The van der Waals surface area contributed by atoms with Gasteiger partial charge in [-0.3, -0.25) is 4.79 Å². The Morgan fingerprint density at radius 2 is 1.81 bits per heavy atom. The summed E-state index contributed by atoms with van der Waals surface area (Å²) in [6.07, 6.45) is 6.13. The lowest BCUT2D eigenvalue weighted by molar-refractivity contribution is -0.126. The SMILES string of the molecule is O=C(C1CCCCC1)C1NCC2CNCC21. The van der Waals surface area contributed by atoms with Crippen LogP contribution in [0.4, 0.5) is 0 Å². The van der Waals surface area contributed by atoms with E-state index in [0.717, 1.165) is 32.5 Å². The minimum atomic E-state index is 0.170. The fourth-order valence-corrected chi connectivity index (χ4v) is 3.75. The van der Waals surface area contributed by atoms with Gasteiger partial charge < -0.3 is 10.6 Å². The van der Waals surface area contributed by atoms with Crippen LogP contribution in [0.2, 0.25) is 0 Å². The number of ketones is 1. The van der Waals surface area contributed by atoms with Gasteiger partial charge in [-0.25, -0.2) is 0 Å². The summed E-state index contributed by atoms with van der Waals surface area (Å²) >= 11 is 0. The highest BCUT2D eigenvalue weighted by atomic mass is 16.1. The minimum absolute atomic E-state index is 0.170. The average Bonchev–Trinajstić information content (AvgIpc) is 2.91. The third kappa shape index (κ3) is 1.80. The van der Waals surface area contributed by atoms with E-state index in [9.17, 15) is 4.79 Å². The van der Waals surface area contributed by atoms with Gasteiger partial charge in [0.25, 0.3) is 0 Å². The van der Waals surface area contributed by atoms with E-state index < -0.39 is 0 Å². The van der Waals surface area contributed by atoms with Crippen LogP contribution in [0.15, 0.2) is 0 Å². The largest absolute Gasteiger partial charge is 0.316 e. The molecule has 3 fully saturated rings. The van der Waals surface area contributed by atoms with Crippen molar-refractivity contribution in [3.05, 3.63) is 0 Å². The van der Waals surface area contributed by atoms with E-state index >= 15 is 0 Å². The van der Waals surface area contributed by atoms with E-state index in [2.05, 4.69) is 10.6 Å². The summed E-state index contributed by atoms with van der Waals surface area (Å²) in [6, 6.07) is 0.170. The van der Waals surface area contributed by atoms with Crippen molar-refractivity contribution in [2.75, 3.05) is 19.6 Å². The van der Waals surface area contributed by atoms with Crippen molar-refractivity contribution in [1.82, 2.24) is 10.6 Å². The Hall–Kier alpha value is -0.410. The van der Waals surface area contributed by atoms with Crippen LogP contribution < -0.4 is 10.6 Å². The molecule has 1 saturated carbocycles. The normalized spacial score (nSPS) is 39.9. The second-order valence-corrected chi connectivity index (χ2v) is 5.71. The van der Waals surface area contributed by atoms with Crippen LogP contribution in [-0.4, -0.2) is 31.5 Å². The molecule has 3 atom stereocenters. The topological polar surface area (TPSA) is 41.1 Å². The minimum Gasteiger partial charge on any atom is -0.316 e. The number of rotatable bonds is 2. The first-order valence-electron chi connectivity index (χ1n) is 6.84. The first kappa shape index (κ1) is 10.7. The van der Waals surface area contributed by atoms with Gasteiger partial charge in [0.2, 0.25) is 0 Å². The smallest absolute Gasteiger partial charge is 0.153 e. The second kappa shape index (κ2) is 4.46. The molecule has 0 spiro atoms. The first-order chi connectivity index (χ1) is 7.86. The number of carbonyl (C=O) groups excluding carboxylic acids is 1. The van der Waals surface area contributed by atoms with Crippen LogP contribution >= 0.6 is 0 Å². The summed E-state index contributed by atoms with van der Waals surface area (Å²) in [5.74, 6) is 2.17. The lowest BCUT2D eigenvalue weighted by Crippen LogP contribution is -2.42. The molecule has 0 bridgehead atoms. The standard InChI is InChI=1S/C13H22N2O/c16-13(9-4-2-1-3-5-9)12-11-8-14-6-10(11)7-15-12/h9-12,14-15H,1-8H2. The van der Waals surface area contributed by atoms with Gasteiger partial charge in [-0.1, -0.05) is 19.3 Å². The lowest BCUT2D eigenvalue weighted by atomic mass is 9.80.